The van der Waals surface area contributed by atoms with E-state index in [-0.39, 0.29) is 11.4 Å². The van der Waals surface area contributed by atoms with E-state index >= 15 is 0 Å². The van der Waals surface area contributed by atoms with Crippen molar-refractivity contribution in [1.82, 2.24) is 9.34 Å². The maximum absolute atomic E-state index is 13.2. The fourth-order valence-electron chi connectivity index (χ4n) is 2.81. The third-order valence-corrected chi connectivity index (χ3v) is 7.30. The van der Waals surface area contributed by atoms with Gasteiger partial charge in [0.25, 0.3) is 0 Å². The summed E-state index contributed by atoms with van der Waals surface area (Å²) in [4.78, 5) is 10.9. The van der Waals surface area contributed by atoms with Crippen molar-refractivity contribution in [3.63, 3.8) is 0 Å². The summed E-state index contributed by atoms with van der Waals surface area (Å²) in [6, 6.07) is 13.5. The smallest absolute Gasteiger partial charge is 0.346 e. The van der Waals surface area contributed by atoms with Crippen molar-refractivity contribution < 1.29 is 18.7 Å². The Bertz CT molecular complexity index is 883. The van der Waals surface area contributed by atoms with E-state index in [1.165, 1.54) is 6.07 Å². The van der Waals surface area contributed by atoms with Crippen LogP contribution in [0.5, 0.6) is 11.5 Å². The number of rotatable bonds is 8. The SMILES string of the molecule is CC(OP(=O)(N1CC1)N1CC1)c1ccc([N+](=O)[O-])c(Oc2ccccc2)c1. The molecule has 1 unspecified atom stereocenters. The Hall–Kier alpha value is -2.25. The normalized spacial score (nSPS) is 18.1. The Kier molecular flexibility index (Phi) is 4.74. The maximum atomic E-state index is 13.2. The minimum absolute atomic E-state index is 0.130. The standard InChI is InChI=1S/C18H20N3O5P/c1-14(26-27(24,19-9-10-19)20-11-12-20)15-7-8-17(21(22)23)18(13-15)25-16-5-3-2-4-6-16/h2-8,13-14H,9-12H2,1H3. The molecule has 2 fully saturated rings. The van der Waals surface area contributed by atoms with Crippen LogP contribution in [0, 0.1) is 10.1 Å². The largest absolute Gasteiger partial charge is 0.450 e. The lowest BCUT2D eigenvalue weighted by molar-refractivity contribution is -0.385. The number of hydrogen-bond donors (Lipinski definition) is 0. The molecule has 8 nitrogen and oxygen atoms in total. The summed E-state index contributed by atoms with van der Waals surface area (Å²) in [6.07, 6.45) is -0.490. The predicted octanol–water partition coefficient (Wildman–Crippen LogP) is 4.20. The number of hydrogen-bond acceptors (Lipinski definition) is 5. The zero-order valence-electron chi connectivity index (χ0n) is 14.9. The van der Waals surface area contributed by atoms with E-state index in [1.807, 2.05) is 15.4 Å². The molecule has 27 heavy (non-hydrogen) atoms. The van der Waals surface area contributed by atoms with Crippen molar-refractivity contribution in [3.05, 3.63) is 64.2 Å². The van der Waals surface area contributed by atoms with Gasteiger partial charge in [0, 0.05) is 32.2 Å². The van der Waals surface area contributed by atoms with Gasteiger partial charge in [0.2, 0.25) is 5.75 Å². The van der Waals surface area contributed by atoms with E-state index in [4.69, 9.17) is 9.26 Å². The van der Waals surface area contributed by atoms with Crippen LogP contribution in [0.1, 0.15) is 18.6 Å². The van der Waals surface area contributed by atoms with Crippen LogP contribution in [0.25, 0.3) is 0 Å². The maximum Gasteiger partial charge on any atom is 0.346 e. The van der Waals surface area contributed by atoms with Crippen LogP contribution in [0.2, 0.25) is 0 Å². The molecule has 0 aliphatic carbocycles. The molecule has 0 spiro atoms. The fourth-order valence-corrected chi connectivity index (χ4v) is 5.15. The third kappa shape index (κ3) is 3.89. The number of nitro groups is 1. The van der Waals surface area contributed by atoms with E-state index in [9.17, 15) is 14.7 Å². The molecule has 0 aromatic heterocycles. The van der Waals surface area contributed by atoms with Crippen molar-refractivity contribution in [1.29, 1.82) is 0 Å². The van der Waals surface area contributed by atoms with E-state index < -0.39 is 18.7 Å². The number of ether oxygens (including phenoxy) is 1. The summed E-state index contributed by atoms with van der Waals surface area (Å²) in [5, 5.41) is 11.4. The summed E-state index contributed by atoms with van der Waals surface area (Å²) < 4.78 is 28.5. The highest BCUT2D eigenvalue weighted by atomic mass is 31.2. The first kappa shape index (κ1) is 18.1. The quantitative estimate of drug-likeness (QED) is 0.289. The van der Waals surface area contributed by atoms with Crippen LogP contribution >= 0.6 is 7.67 Å². The second kappa shape index (κ2) is 7.05. The van der Waals surface area contributed by atoms with Crippen LogP contribution in [0.15, 0.2) is 48.5 Å². The summed E-state index contributed by atoms with van der Waals surface area (Å²) >= 11 is 0. The van der Waals surface area contributed by atoms with Gasteiger partial charge < -0.3 is 4.74 Å². The molecule has 0 bridgehead atoms. The Balaban J connectivity index is 1.59. The lowest BCUT2D eigenvalue weighted by Crippen LogP contribution is -2.10. The molecule has 2 saturated heterocycles. The minimum atomic E-state index is -2.98. The van der Waals surface area contributed by atoms with Crippen molar-refractivity contribution in [3.8, 4) is 11.5 Å². The molecule has 0 amide bonds. The highest BCUT2D eigenvalue weighted by Crippen LogP contribution is 2.63. The highest BCUT2D eigenvalue weighted by Gasteiger charge is 2.50. The van der Waals surface area contributed by atoms with Gasteiger partial charge in [-0.2, -0.15) is 0 Å². The van der Waals surface area contributed by atoms with Gasteiger partial charge >= 0.3 is 13.4 Å². The Morgan fingerprint density at radius 1 is 1.07 bits per heavy atom. The molecule has 142 valence electrons. The predicted molar refractivity (Wildman–Crippen MR) is 99.9 cm³/mol. The van der Waals surface area contributed by atoms with Crippen molar-refractivity contribution in [2.45, 2.75) is 13.0 Å². The molecule has 9 heteroatoms. The number of benzene rings is 2. The first-order valence-corrected chi connectivity index (χ1v) is 10.3. The molecular formula is C18H20N3O5P. The summed E-state index contributed by atoms with van der Waals surface area (Å²) in [6.45, 7) is 4.87. The van der Waals surface area contributed by atoms with Crippen LogP contribution in [-0.4, -0.2) is 40.4 Å². The topological polar surface area (TPSA) is 84.7 Å². The number of nitrogens with zero attached hydrogens (tertiary/aromatic N) is 3. The highest BCUT2D eigenvalue weighted by molar-refractivity contribution is 7.54. The van der Waals surface area contributed by atoms with Gasteiger partial charge in [-0.1, -0.05) is 18.2 Å². The van der Waals surface area contributed by atoms with E-state index in [2.05, 4.69) is 0 Å². The molecule has 2 aliphatic rings. The van der Waals surface area contributed by atoms with E-state index in [1.54, 1.807) is 43.3 Å². The van der Waals surface area contributed by atoms with Crippen molar-refractivity contribution in [2.24, 2.45) is 0 Å². The zero-order chi connectivity index (χ0) is 19.0. The second-order valence-electron chi connectivity index (χ2n) is 6.54. The molecule has 2 aromatic rings. The van der Waals surface area contributed by atoms with Gasteiger partial charge in [0.05, 0.1) is 11.0 Å². The molecule has 2 heterocycles. The van der Waals surface area contributed by atoms with Crippen LogP contribution in [0.4, 0.5) is 5.69 Å². The van der Waals surface area contributed by atoms with Gasteiger partial charge in [-0.05, 0) is 36.8 Å². The van der Waals surface area contributed by atoms with Crippen molar-refractivity contribution >= 4 is 13.4 Å². The Labute approximate surface area is 157 Å². The molecule has 1 atom stereocenters. The fraction of sp³-hybridized carbons (Fsp3) is 0.333. The molecule has 2 aromatic carbocycles. The lowest BCUT2D eigenvalue weighted by atomic mass is 10.1. The Morgan fingerprint density at radius 2 is 1.70 bits per heavy atom. The van der Waals surface area contributed by atoms with Gasteiger partial charge in [0.15, 0.2) is 0 Å². The molecule has 2 aliphatic heterocycles. The average Bonchev–Trinajstić information content (AvgIpc) is 3.54. The first-order valence-electron chi connectivity index (χ1n) is 8.78. The molecule has 0 N–H and O–H groups in total. The van der Waals surface area contributed by atoms with E-state index in [0.717, 1.165) is 26.2 Å². The minimum Gasteiger partial charge on any atom is -0.450 e. The van der Waals surface area contributed by atoms with Gasteiger partial charge in [-0.3, -0.25) is 19.2 Å². The van der Waals surface area contributed by atoms with E-state index in [0.29, 0.717) is 11.3 Å². The molecule has 4 rings (SSSR count). The van der Waals surface area contributed by atoms with Crippen LogP contribution < -0.4 is 4.74 Å². The molecule has 0 radical (unpaired) electrons. The summed E-state index contributed by atoms with van der Waals surface area (Å²) in [5.41, 5.74) is 0.547. The van der Waals surface area contributed by atoms with Gasteiger partial charge in [-0.25, -0.2) is 9.34 Å². The van der Waals surface area contributed by atoms with Crippen LogP contribution in [0.3, 0.4) is 0 Å². The molecular weight excluding hydrogens is 369 g/mol. The second-order valence-corrected chi connectivity index (χ2v) is 8.87. The van der Waals surface area contributed by atoms with Crippen molar-refractivity contribution in [2.75, 3.05) is 26.2 Å². The summed E-state index contributed by atoms with van der Waals surface area (Å²) in [7, 11) is -2.98. The Morgan fingerprint density at radius 3 is 2.26 bits per heavy atom. The average molecular weight is 389 g/mol. The lowest BCUT2D eigenvalue weighted by Gasteiger charge is -2.24. The number of para-hydroxylation sites is 1. The molecule has 0 saturated carbocycles. The first-order chi connectivity index (χ1) is 13.0. The summed E-state index contributed by atoms with van der Waals surface area (Å²) in [5.74, 6) is 0.637. The third-order valence-electron chi connectivity index (χ3n) is 4.48. The van der Waals surface area contributed by atoms with Gasteiger partial charge in [0.1, 0.15) is 5.75 Å². The van der Waals surface area contributed by atoms with Crippen LogP contribution in [-0.2, 0) is 9.09 Å². The zero-order valence-corrected chi connectivity index (χ0v) is 15.7. The monoisotopic (exact) mass is 389 g/mol. The van der Waals surface area contributed by atoms with Gasteiger partial charge in [-0.15, -0.1) is 0 Å². The number of nitro benzene ring substituents is 1.